The maximum atomic E-state index is 12.3. The fourth-order valence-corrected chi connectivity index (χ4v) is 4.61. The molecule has 102 valence electrons. The van der Waals surface area contributed by atoms with Crippen molar-refractivity contribution >= 4 is 21.8 Å². The number of hydrogen-bond donors (Lipinski definition) is 0. The number of thioether (sulfide) groups is 1. The zero-order chi connectivity index (χ0) is 13.1. The number of rotatable bonds is 4. The molecule has 17 heavy (non-hydrogen) atoms. The third kappa shape index (κ3) is 4.12. The van der Waals surface area contributed by atoms with Gasteiger partial charge in [-0.05, 0) is 40.1 Å². The third-order valence-corrected chi connectivity index (χ3v) is 6.41. The van der Waals surface area contributed by atoms with E-state index in [4.69, 9.17) is 0 Å². The SMILES string of the molecule is CC(C)S(=O)(=O)N1CCCSCC1CN(C)C. The first-order valence-electron chi connectivity index (χ1n) is 6.09. The van der Waals surface area contributed by atoms with Gasteiger partial charge in [0.15, 0.2) is 0 Å². The topological polar surface area (TPSA) is 40.6 Å². The Morgan fingerprint density at radius 3 is 2.59 bits per heavy atom. The number of sulfonamides is 1. The highest BCUT2D eigenvalue weighted by atomic mass is 32.2. The Labute approximate surface area is 110 Å². The molecule has 0 aromatic heterocycles. The molecule has 0 amide bonds. The molecular formula is C11H24N2O2S2. The standard InChI is InChI=1S/C11H24N2O2S2/c1-10(2)17(14,15)13-6-5-7-16-9-11(13)8-12(3)4/h10-11H,5-9H2,1-4H3. The molecule has 0 aromatic carbocycles. The molecule has 1 heterocycles. The first-order chi connectivity index (χ1) is 7.85. The Morgan fingerprint density at radius 1 is 1.41 bits per heavy atom. The van der Waals surface area contributed by atoms with E-state index < -0.39 is 10.0 Å². The summed E-state index contributed by atoms with van der Waals surface area (Å²) in [5, 5.41) is -0.324. The molecule has 1 aliphatic heterocycles. The lowest BCUT2D eigenvalue weighted by Gasteiger charge is -2.32. The highest BCUT2D eigenvalue weighted by Gasteiger charge is 2.33. The van der Waals surface area contributed by atoms with Gasteiger partial charge in [-0.2, -0.15) is 16.1 Å². The van der Waals surface area contributed by atoms with Crippen LogP contribution in [0.15, 0.2) is 0 Å². The van der Waals surface area contributed by atoms with E-state index in [0.717, 1.165) is 24.5 Å². The van der Waals surface area contributed by atoms with E-state index in [2.05, 4.69) is 4.90 Å². The molecule has 0 saturated carbocycles. The van der Waals surface area contributed by atoms with Gasteiger partial charge in [0.2, 0.25) is 10.0 Å². The van der Waals surface area contributed by atoms with E-state index in [9.17, 15) is 8.42 Å². The monoisotopic (exact) mass is 280 g/mol. The van der Waals surface area contributed by atoms with Gasteiger partial charge in [-0.15, -0.1) is 0 Å². The van der Waals surface area contributed by atoms with Crippen LogP contribution in [0.25, 0.3) is 0 Å². The van der Waals surface area contributed by atoms with E-state index in [1.54, 1.807) is 18.2 Å². The van der Waals surface area contributed by atoms with Crippen LogP contribution in [0.1, 0.15) is 20.3 Å². The maximum Gasteiger partial charge on any atom is 0.216 e. The van der Waals surface area contributed by atoms with Crippen molar-refractivity contribution in [2.45, 2.75) is 31.6 Å². The summed E-state index contributed by atoms with van der Waals surface area (Å²) in [6.07, 6.45) is 0.959. The summed E-state index contributed by atoms with van der Waals surface area (Å²) < 4.78 is 26.4. The summed E-state index contributed by atoms with van der Waals surface area (Å²) in [6.45, 7) is 5.01. The normalized spacial score (nSPS) is 24.2. The van der Waals surface area contributed by atoms with Crippen LogP contribution in [0.4, 0.5) is 0 Å². The Kier molecular flexibility index (Phi) is 5.76. The highest BCUT2D eigenvalue weighted by molar-refractivity contribution is 7.99. The van der Waals surface area contributed by atoms with Crippen molar-refractivity contribution < 1.29 is 8.42 Å². The summed E-state index contributed by atoms with van der Waals surface area (Å²) in [6, 6.07) is 0.116. The molecular weight excluding hydrogens is 256 g/mol. The minimum Gasteiger partial charge on any atom is -0.308 e. The van der Waals surface area contributed by atoms with Crippen molar-refractivity contribution in [2.75, 3.05) is 38.7 Å². The first-order valence-corrected chi connectivity index (χ1v) is 8.74. The Hall–Kier alpha value is 0.220. The number of hydrogen-bond acceptors (Lipinski definition) is 4. The third-order valence-electron chi connectivity index (χ3n) is 2.88. The van der Waals surface area contributed by atoms with Crippen LogP contribution in [0.2, 0.25) is 0 Å². The summed E-state index contributed by atoms with van der Waals surface area (Å²) >= 11 is 1.86. The summed E-state index contributed by atoms with van der Waals surface area (Å²) in [5.41, 5.74) is 0. The molecule has 1 saturated heterocycles. The van der Waals surface area contributed by atoms with Crippen LogP contribution in [0.3, 0.4) is 0 Å². The van der Waals surface area contributed by atoms with Gasteiger partial charge >= 0.3 is 0 Å². The molecule has 6 heteroatoms. The first kappa shape index (κ1) is 15.3. The maximum absolute atomic E-state index is 12.3. The van der Waals surface area contributed by atoms with Crippen LogP contribution in [0.5, 0.6) is 0 Å². The van der Waals surface area contributed by atoms with E-state index in [1.165, 1.54) is 0 Å². The van der Waals surface area contributed by atoms with E-state index in [-0.39, 0.29) is 11.3 Å². The lowest BCUT2D eigenvalue weighted by Crippen LogP contribution is -2.48. The fourth-order valence-electron chi connectivity index (χ4n) is 1.98. The highest BCUT2D eigenvalue weighted by Crippen LogP contribution is 2.22. The van der Waals surface area contributed by atoms with Crippen LogP contribution < -0.4 is 0 Å². The summed E-state index contributed by atoms with van der Waals surface area (Å²) in [7, 11) is 0.867. The Balaban J connectivity index is 2.89. The van der Waals surface area contributed by atoms with Crippen LogP contribution in [-0.2, 0) is 10.0 Å². The molecule has 0 bridgehead atoms. The van der Waals surface area contributed by atoms with E-state index >= 15 is 0 Å². The lowest BCUT2D eigenvalue weighted by molar-refractivity contribution is 0.270. The van der Waals surface area contributed by atoms with Gasteiger partial charge < -0.3 is 4.90 Å². The van der Waals surface area contributed by atoms with Crippen molar-refractivity contribution in [3.8, 4) is 0 Å². The molecule has 0 aliphatic carbocycles. The van der Waals surface area contributed by atoms with Gasteiger partial charge in [-0.1, -0.05) is 0 Å². The summed E-state index contributed by atoms with van der Waals surface area (Å²) in [4.78, 5) is 2.07. The lowest BCUT2D eigenvalue weighted by atomic mass is 10.3. The van der Waals surface area contributed by atoms with Gasteiger partial charge in [0.25, 0.3) is 0 Å². The number of likely N-dealkylation sites (N-methyl/N-ethyl adjacent to an activating group) is 1. The summed E-state index contributed by atoms with van der Waals surface area (Å²) in [5.74, 6) is 1.97. The zero-order valence-electron chi connectivity index (χ0n) is 11.2. The van der Waals surface area contributed by atoms with Crippen LogP contribution in [0, 0.1) is 0 Å². The average Bonchev–Trinajstić information content (AvgIpc) is 2.42. The Morgan fingerprint density at radius 2 is 2.06 bits per heavy atom. The van der Waals surface area contributed by atoms with Gasteiger partial charge in [-0.25, -0.2) is 8.42 Å². The van der Waals surface area contributed by atoms with Gasteiger partial charge in [0, 0.05) is 24.9 Å². The van der Waals surface area contributed by atoms with E-state index in [1.807, 2.05) is 25.9 Å². The Bertz CT molecular complexity index is 328. The molecule has 1 fully saturated rings. The second kappa shape index (κ2) is 6.41. The second-order valence-electron chi connectivity index (χ2n) is 5.05. The van der Waals surface area contributed by atoms with Crippen LogP contribution in [-0.4, -0.2) is 67.6 Å². The van der Waals surface area contributed by atoms with E-state index in [0.29, 0.717) is 6.54 Å². The molecule has 1 atom stereocenters. The smallest absolute Gasteiger partial charge is 0.216 e. The molecule has 0 radical (unpaired) electrons. The predicted octanol–water partition coefficient (Wildman–Crippen LogP) is 1.09. The quantitative estimate of drug-likeness (QED) is 0.773. The number of nitrogens with zero attached hydrogens (tertiary/aromatic N) is 2. The van der Waals surface area contributed by atoms with Crippen molar-refractivity contribution in [2.24, 2.45) is 0 Å². The van der Waals surface area contributed by atoms with Gasteiger partial charge in [-0.3, -0.25) is 0 Å². The molecule has 1 unspecified atom stereocenters. The largest absolute Gasteiger partial charge is 0.308 e. The van der Waals surface area contributed by atoms with Crippen molar-refractivity contribution in [1.29, 1.82) is 0 Å². The van der Waals surface area contributed by atoms with Crippen molar-refractivity contribution in [3.05, 3.63) is 0 Å². The molecule has 1 rings (SSSR count). The molecule has 1 aliphatic rings. The molecule has 0 N–H and O–H groups in total. The van der Waals surface area contributed by atoms with Crippen LogP contribution >= 0.6 is 11.8 Å². The molecule has 4 nitrogen and oxygen atoms in total. The van der Waals surface area contributed by atoms with Crippen molar-refractivity contribution in [1.82, 2.24) is 9.21 Å². The predicted molar refractivity (Wildman–Crippen MR) is 75.0 cm³/mol. The minimum absolute atomic E-state index is 0.116. The fraction of sp³-hybridized carbons (Fsp3) is 1.00. The van der Waals surface area contributed by atoms with Gasteiger partial charge in [0.1, 0.15) is 0 Å². The average molecular weight is 280 g/mol. The van der Waals surface area contributed by atoms with Gasteiger partial charge in [0.05, 0.1) is 5.25 Å². The molecule has 0 aromatic rings. The van der Waals surface area contributed by atoms with Crippen molar-refractivity contribution in [3.63, 3.8) is 0 Å². The molecule has 0 spiro atoms. The second-order valence-corrected chi connectivity index (χ2v) is 8.64. The minimum atomic E-state index is -3.12. The zero-order valence-corrected chi connectivity index (χ0v) is 12.9.